The van der Waals surface area contributed by atoms with Gasteiger partial charge in [-0.2, -0.15) is 0 Å². The SMILES string of the molecule is COCCNCc1cc(Cl)c(OCc2ccc(Cl)cc2Cl)c(OC)c1.Cl. The molecule has 26 heavy (non-hydrogen) atoms. The van der Waals surface area contributed by atoms with E-state index in [0.29, 0.717) is 39.7 Å². The van der Waals surface area contributed by atoms with Gasteiger partial charge in [0.2, 0.25) is 0 Å². The van der Waals surface area contributed by atoms with Crippen LogP contribution >= 0.6 is 47.2 Å². The van der Waals surface area contributed by atoms with Gasteiger partial charge in [-0.3, -0.25) is 0 Å². The Balaban J connectivity index is 0.00000338. The van der Waals surface area contributed by atoms with Crippen molar-refractivity contribution in [1.29, 1.82) is 0 Å². The Kier molecular flexibility index (Phi) is 10.5. The van der Waals surface area contributed by atoms with Gasteiger partial charge < -0.3 is 19.5 Å². The molecule has 4 nitrogen and oxygen atoms in total. The Hall–Kier alpha value is -0.880. The third-order valence-corrected chi connectivity index (χ3v) is 4.36. The lowest BCUT2D eigenvalue weighted by Crippen LogP contribution is -2.18. The standard InChI is InChI=1S/C18H20Cl3NO3.ClH/c1-23-6-5-22-10-12-7-16(21)18(17(8-12)24-2)25-11-13-3-4-14(19)9-15(13)20;/h3-4,7-9,22H,5-6,10-11H2,1-2H3;1H. The summed E-state index contributed by atoms with van der Waals surface area (Å²) in [5.74, 6) is 1.05. The van der Waals surface area contributed by atoms with Crippen LogP contribution in [0, 0.1) is 0 Å². The second-order valence-electron chi connectivity index (χ2n) is 5.30. The summed E-state index contributed by atoms with van der Waals surface area (Å²) < 4.78 is 16.3. The molecule has 0 fully saturated rings. The molecule has 0 bridgehead atoms. The fraction of sp³-hybridized carbons (Fsp3) is 0.333. The maximum Gasteiger partial charge on any atom is 0.180 e. The lowest BCUT2D eigenvalue weighted by atomic mass is 10.2. The fourth-order valence-corrected chi connectivity index (χ4v) is 2.96. The van der Waals surface area contributed by atoms with E-state index in [4.69, 9.17) is 49.0 Å². The van der Waals surface area contributed by atoms with Gasteiger partial charge >= 0.3 is 0 Å². The summed E-state index contributed by atoms with van der Waals surface area (Å²) in [6.45, 7) is 2.32. The van der Waals surface area contributed by atoms with Crippen LogP contribution in [0.4, 0.5) is 0 Å². The minimum absolute atomic E-state index is 0. The van der Waals surface area contributed by atoms with E-state index in [1.165, 1.54) is 0 Å². The van der Waals surface area contributed by atoms with Gasteiger partial charge in [-0.05, 0) is 29.8 Å². The molecular weight excluding hydrogens is 420 g/mol. The topological polar surface area (TPSA) is 39.7 Å². The highest BCUT2D eigenvalue weighted by Gasteiger charge is 2.13. The Morgan fingerprint density at radius 3 is 2.42 bits per heavy atom. The molecule has 2 aromatic carbocycles. The van der Waals surface area contributed by atoms with Crippen molar-refractivity contribution in [1.82, 2.24) is 5.32 Å². The highest BCUT2D eigenvalue weighted by molar-refractivity contribution is 6.35. The minimum Gasteiger partial charge on any atom is -0.493 e. The molecule has 0 aromatic heterocycles. The predicted molar refractivity (Wildman–Crippen MR) is 110 cm³/mol. The molecule has 0 aliphatic heterocycles. The van der Waals surface area contributed by atoms with Crippen LogP contribution in [0.5, 0.6) is 11.5 Å². The van der Waals surface area contributed by atoms with Crippen LogP contribution < -0.4 is 14.8 Å². The first-order valence-corrected chi connectivity index (χ1v) is 8.81. The van der Waals surface area contributed by atoms with Crippen molar-refractivity contribution >= 4 is 47.2 Å². The highest BCUT2D eigenvalue weighted by atomic mass is 35.5. The third-order valence-electron chi connectivity index (χ3n) is 3.49. The molecular formula is C18H21Cl4NO3. The normalized spacial score (nSPS) is 10.3. The zero-order valence-corrected chi connectivity index (χ0v) is 17.6. The predicted octanol–water partition coefficient (Wildman–Crippen LogP) is 5.39. The molecule has 0 saturated carbocycles. The van der Waals surface area contributed by atoms with Crippen molar-refractivity contribution in [3.63, 3.8) is 0 Å². The minimum atomic E-state index is 0. The van der Waals surface area contributed by atoms with Crippen LogP contribution in [-0.2, 0) is 17.9 Å². The molecule has 0 heterocycles. The summed E-state index contributed by atoms with van der Waals surface area (Å²) in [5.41, 5.74) is 1.81. The van der Waals surface area contributed by atoms with E-state index in [0.717, 1.165) is 17.7 Å². The molecule has 0 saturated heterocycles. The third kappa shape index (κ3) is 6.69. The number of hydrogen-bond acceptors (Lipinski definition) is 4. The Morgan fingerprint density at radius 2 is 1.77 bits per heavy atom. The quantitative estimate of drug-likeness (QED) is 0.530. The molecule has 0 aliphatic rings. The summed E-state index contributed by atoms with van der Waals surface area (Å²) in [7, 11) is 3.25. The van der Waals surface area contributed by atoms with Gasteiger partial charge in [0.15, 0.2) is 11.5 Å². The van der Waals surface area contributed by atoms with Gasteiger partial charge in [-0.1, -0.05) is 40.9 Å². The number of nitrogens with one attached hydrogen (secondary N) is 1. The molecule has 8 heteroatoms. The molecule has 0 spiro atoms. The Labute approximate surface area is 175 Å². The molecule has 0 aliphatic carbocycles. The van der Waals surface area contributed by atoms with Crippen molar-refractivity contribution in [3.8, 4) is 11.5 Å². The highest BCUT2D eigenvalue weighted by Crippen LogP contribution is 2.37. The number of rotatable bonds is 9. The molecule has 2 rings (SSSR count). The van der Waals surface area contributed by atoms with E-state index in [9.17, 15) is 0 Å². The molecule has 2 aromatic rings. The number of ether oxygens (including phenoxy) is 3. The summed E-state index contributed by atoms with van der Waals surface area (Å²) in [6.07, 6.45) is 0. The molecule has 0 unspecified atom stereocenters. The van der Waals surface area contributed by atoms with Crippen LogP contribution in [0.3, 0.4) is 0 Å². The number of halogens is 4. The summed E-state index contributed by atoms with van der Waals surface area (Å²) in [6, 6.07) is 9.00. The van der Waals surface area contributed by atoms with E-state index in [-0.39, 0.29) is 19.0 Å². The van der Waals surface area contributed by atoms with Crippen molar-refractivity contribution in [2.75, 3.05) is 27.4 Å². The molecule has 0 atom stereocenters. The first-order chi connectivity index (χ1) is 12.0. The van der Waals surface area contributed by atoms with E-state index in [1.807, 2.05) is 18.2 Å². The van der Waals surface area contributed by atoms with Crippen molar-refractivity contribution < 1.29 is 14.2 Å². The summed E-state index contributed by atoms with van der Waals surface area (Å²) in [5, 5.41) is 4.86. The van der Waals surface area contributed by atoms with Crippen LogP contribution in [0.25, 0.3) is 0 Å². The second-order valence-corrected chi connectivity index (χ2v) is 6.55. The largest absolute Gasteiger partial charge is 0.493 e. The van der Waals surface area contributed by atoms with Gasteiger partial charge in [0.25, 0.3) is 0 Å². The van der Waals surface area contributed by atoms with Crippen molar-refractivity contribution in [2.24, 2.45) is 0 Å². The summed E-state index contributed by atoms with van der Waals surface area (Å²) in [4.78, 5) is 0. The van der Waals surface area contributed by atoms with Gasteiger partial charge in [0.1, 0.15) is 6.61 Å². The first kappa shape index (κ1) is 23.2. The smallest absolute Gasteiger partial charge is 0.180 e. The van der Waals surface area contributed by atoms with Gasteiger partial charge in [0, 0.05) is 35.8 Å². The van der Waals surface area contributed by atoms with Crippen LogP contribution in [0.15, 0.2) is 30.3 Å². The first-order valence-electron chi connectivity index (χ1n) is 7.68. The molecule has 1 N–H and O–H groups in total. The van der Waals surface area contributed by atoms with E-state index in [2.05, 4.69) is 5.32 Å². The lowest BCUT2D eigenvalue weighted by molar-refractivity contribution is 0.199. The van der Waals surface area contributed by atoms with Gasteiger partial charge in [-0.15, -0.1) is 12.4 Å². The molecule has 0 radical (unpaired) electrons. The maximum atomic E-state index is 6.37. The molecule has 0 amide bonds. The van der Waals surface area contributed by atoms with Gasteiger partial charge in [0.05, 0.1) is 18.7 Å². The Bertz CT molecular complexity index is 713. The number of methoxy groups -OCH3 is 2. The lowest BCUT2D eigenvalue weighted by Gasteiger charge is -2.15. The summed E-state index contributed by atoms with van der Waals surface area (Å²) >= 11 is 18.4. The average molecular weight is 441 g/mol. The molecule has 144 valence electrons. The maximum absolute atomic E-state index is 6.37. The average Bonchev–Trinajstić information content (AvgIpc) is 2.58. The van der Waals surface area contributed by atoms with Crippen molar-refractivity contribution in [2.45, 2.75) is 13.2 Å². The number of benzene rings is 2. The van der Waals surface area contributed by atoms with E-state index in [1.54, 1.807) is 26.4 Å². The van der Waals surface area contributed by atoms with Crippen LogP contribution in [0.2, 0.25) is 15.1 Å². The fourth-order valence-electron chi connectivity index (χ4n) is 2.21. The zero-order chi connectivity index (χ0) is 18.2. The van der Waals surface area contributed by atoms with Crippen LogP contribution in [-0.4, -0.2) is 27.4 Å². The Morgan fingerprint density at radius 1 is 1.00 bits per heavy atom. The zero-order valence-electron chi connectivity index (χ0n) is 14.5. The van der Waals surface area contributed by atoms with E-state index >= 15 is 0 Å². The van der Waals surface area contributed by atoms with Gasteiger partial charge in [-0.25, -0.2) is 0 Å². The van der Waals surface area contributed by atoms with Crippen LogP contribution in [0.1, 0.15) is 11.1 Å². The van der Waals surface area contributed by atoms with E-state index < -0.39 is 0 Å². The number of hydrogen-bond donors (Lipinski definition) is 1. The van der Waals surface area contributed by atoms with Crippen molar-refractivity contribution in [3.05, 3.63) is 56.5 Å². The second kappa shape index (κ2) is 11.8. The monoisotopic (exact) mass is 439 g/mol.